The van der Waals surface area contributed by atoms with Gasteiger partial charge in [0.2, 0.25) is 0 Å². The lowest BCUT2D eigenvalue weighted by atomic mass is 9.88. The molecule has 32 heavy (non-hydrogen) atoms. The maximum absolute atomic E-state index is 13.0. The zero-order valence-corrected chi connectivity index (χ0v) is 17.8. The van der Waals surface area contributed by atoms with Gasteiger partial charge in [-0.15, -0.1) is 0 Å². The second kappa shape index (κ2) is 8.65. The second-order valence-electron chi connectivity index (χ2n) is 7.90. The third kappa shape index (κ3) is 3.86. The van der Waals surface area contributed by atoms with E-state index in [4.69, 9.17) is 0 Å². The Morgan fingerprint density at radius 1 is 0.812 bits per heavy atom. The Labute approximate surface area is 186 Å². The predicted molar refractivity (Wildman–Crippen MR) is 124 cm³/mol. The van der Waals surface area contributed by atoms with Gasteiger partial charge in [-0.3, -0.25) is 9.69 Å². The summed E-state index contributed by atoms with van der Waals surface area (Å²) >= 11 is 0. The lowest BCUT2D eigenvalue weighted by Gasteiger charge is -2.28. The van der Waals surface area contributed by atoms with Gasteiger partial charge in [0.1, 0.15) is 11.3 Å². The fourth-order valence-electron chi connectivity index (χ4n) is 4.12. The van der Waals surface area contributed by atoms with Gasteiger partial charge in [0.15, 0.2) is 5.78 Å². The zero-order chi connectivity index (χ0) is 22.8. The lowest BCUT2D eigenvalue weighted by Crippen LogP contribution is -2.22. The smallest absolute Gasteiger partial charge is 0.339 e. The van der Waals surface area contributed by atoms with Crippen molar-refractivity contribution in [1.29, 1.82) is 0 Å². The van der Waals surface area contributed by atoms with Crippen molar-refractivity contribution in [3.8, 4) is 5.75 Å². The summed E-state index contributed by atoms with van der Waals surface area (Å²) in [5, 5.41) is 22.1. The number of aromatic carboxylic acids is 1. The van der Waals surface area contributed by atoms with Crippen molar-refractivity contribution < 1.29 is 19.8 Å². The van der Waals surface area contributed by atoms with E-state index < -0.39 is 5.97 Å². The second-order valence-corrected chi connectivity index (χ2v) is 7.90. The Kier molecular flexibility index (Phi) is 5.75. The first-order chi connectivity index (χ1) is 15.4. The van der Waals surface area contributed by atoms with Crippen LogP contribution in [-0.2, 0) is 0 Å². The summed E-state index contributed by atoms with van der Waals surface area (Å²) in [6.07, 6.45) is 0. The molecule has 5 heteroatoms. The van der Waals surface area contributed by atoms with E-state index in [1.807, 2.05) is 55.4 Å². The average molecular weight is 425 g/mol. The van der Waals surface area contributed by atoms with Gasteiger partial charge >= 0.3 is 5.97 Å². The molecular formula is C27H23NO4. The van der Waals surface area contributed by atoms with E-state index in [2.05, 4.69) is 0 Å². The first-order valence-corrected chi connectivity index (χ1v) is 10.2. The number of benzene rings is 4. The Balaban J connectivity index is 1.97. The van der Waals surface area contributed by atoms with Crippen molar-refractivity contribution in [2.75, 3.05) is 14.1 Å². The number of nitrogens with zero attached hydrogens (tertiary/aromatic N) is 1. The molecule has 0 saturated heterocycles. The van der Waals surface area contributed by atoms with Gasteiger partial charge in [-0.2, -0.15) is 0 Å². The van der Waals surface area contributed by atoms with Crippen LogP contribution in [0.15, 0.2) is 84.9 Å². The van der Waals surface area contributed by atoms with Gasteiger partial charge in [0.05, 0.1) is 6.04 Å². The molecule has 5 nitrogen and oxygen atoms in total. The van der Waals surface area contributed by atoms with E-state index in [1.54, 1.807) is 42.5 Å². The number of carbonyl (C=O) groups is 2. The molecule has 0 fully saturated rings. The highest BCUT2D eigenvalue weighted by molar-refractivity contribution is 6.11. The van der Waals surface area contributed by atoms with Crippen LogP contribution < -0.4 is 0 Å². The maximum atomic E-state index is 13.0. The van der Waals surface area contributed by atoms with Crippen molar-refractivity contribution in [3.63, 3.8) is 0 Å². The van der Waals surface area contributed by atoms with Crippen molar-refractivity contribution >= 4 is 22.5 Å². The quantitative estimate of drug-likeness (QED) is 0.419. The van der Waals surface area contributed by atoms with Gasteiger partial charge in [-0.25, -0.2) is 4.79 Å². The number of aromatic hydroxyl groups is 1. The molecule has 0 bridgehead atoms. The molecule has 0 aliphatic heterocycles. The van der Waals surface area contributed by atoms with E-state index in [0.29, 0.717) is 27.5 Å². The van der Waals surface area contributed by atoms with Crippen LogP contribution in [0.3, 0.4) is 0 Å². The van der Waals surface area contributed by atoms with Gasteiger partial charge < -0.3 is 10.2 Å². The van der Waals surface area contributed by atoms with Gasteiger partial charge in [0, 0.05) is 16.7 Å². The molecule has 1 unspecified atom stereocenters. The highest BCUT2D eigenvalue weighted by Gasteiger charge is 2.27. The third-order valence-corrected chi connectivity index (χ3v) is 5.59. The lowest BCUT2D eigenvalue weighted by molar-refractivity contribution is 0.0693. The standard InChI is InChI=1S/C27H23NO4/c1-28(2)24(17-9-5-3-6-10-17)23-21-14-13-19(25(29)18-11-7-4-8-12-18)15-20(21)16-22(26(23)30)27(31)32/h3-16,24,30H,1-2H3,(H,31,32). The molecule has 0 radical (unpaired) electrons. The highest BCUT2D eigenvalue weighted by Crippen LogP contribution is 2.41. The number of hydrogen-bond donors (Lipinski definition) is 2. The van der Waals surface area contributed by atoms with E-state index in [1.165, 1.54) is 6.07 Å². The van der Waals surface area contributed by atoms with E-state index in [-0.39, 0.29) is 23.1 Å². The Morgan fingerprint density at radius 3 is 2.03 bits per heavy atom. The van der Waals surface area contributed by atoms with Crippen molar-refractivity contribution in [2.45, 2.75) is 6.04 Å². The SMILES string of the molecule is CN(C)C(c1ccccc1)c1c(O)c(C(=O)O)cc2cc(C(=O)c3ccccc3)ccc12. The molecule has 4 aromatic carbocycles. The van der Waals surface area contributed by atoms with Crippen LogP contribution in [0.1, 0.15) is 43.4 Å². The molecule has 0 aliphatic rings. The molecule has 4 aromatic rings. The van der Waals surface area contributed by atoms with Crippen molar-refractivity contribution in [2.24, 2.45) is 0 Å². The minimum Gasteiger partial charge on any atom is -0.507 e. The van der Waals surface area contributed by atoms with Crippen LogP contribution in [0.5, 0.6) is 5.75 Å². The molecule has 0 aliphatic carbocycles. The van der Waals surface area contributed by atoms with E-state index in [9.17, 15) is 19.8 Å². The summed E-state index contributed by atoms with van der Waals surface area (Å²) < 4.78 is 0. The van der Waals surface area contributed by atoms with Crippen molar-refractivity contribution in [1.82, 2.24) is 4.90 Å². The number of hydrogen-bond acceptors (Lipinski definition) is 4. The summed E-state index contributed by atoms with van der Waals surface area (Å²) in [5.41, 5.74) is 2.23. The van der Waals surface area contributed by atoms with Crippen LogP contribution in [0.2, 0.25) is 0 Å². The zero-order valence-electron chi connectivity index (χ0n) is 17.8. The van der Waals surface area contributed by atoms with Crippen LogP contribution in [0, 0.1) is 0 Å². The average Bonchev–Trinajstić information content (AvgIpc) is 2.80. The summed E-state index contributed by atoms with van der Waals surface area (Å²) in [5.74, 6) is -1.64. The number of rotatable bonds is 6. The topological polar surface area (TPSA) is 77.8 Å². The number of fused-ring (bicyclic) bond motifs is 1. The molecule has 0 aromatic heterocycles. The van der Waals surface area contributed by atoms with Crippen LogP contribution in [0.4, 0.5) is 0 Å². The Hall–Kier alpha value is -3.96. The van der Waals surface area contributed by atoms with Crippen LogP contribution in [-0.4, -0.2) is 41.0 Å². The maximum Gasteiger partial charge on any atom is 0.339 e. The monoisotopic (exact) mass is 425 g/mol. The Bertz CT molecular complexity index is 1300. The normalized spacial score (nSPS) is 12.1. The van der Waals surface area contributed by atoms with Crippen LogP contribution in [0.25, 0.3) is 10.8 Å². The third-order valence-electron chi connectivity index (χ3n) is 5.59. The molecule has 0 heterocycles. The first-order valence-electron chi connectivity index (χ1n) is 10.2. The Morgan fingerprint density at radius 2 is 1.44 bits per heavy atom. The molecule has 4 rings (SSSR count). The fraction of sp³-hybridized carbons (Fsp3) is 0.111. The summed E-state index contributed by atoms with van der Waals surface area (Å²) in [7, 11) is 3.76. The minimum absolute atomic E-state index is 0.147. The predicted octanol–water partition coefficient (Wildman–Crippen LogP) is 5.13. The number of ketones is 1. The molecule has 0 amide bonds. The molecule has 0 saturated carbocycles. The number of carboxylic acids is 1. The van der Waals surface area contributed by atoms with Gasteiger partial charge in [0.25, 0.3) is 0 Å². The number of carbonyl (C=O) groups excluding carboxylic acids is 1. The number of phenols is 1. The van der Waals surface area contributed by atoms with E-state index in [0.717, 1.165) is 5.56 Å². The van der Waals surface area contributed by atoms with Gasteiger partial charge in [-0.05, 0) is 42.6 Å². The van der Waals surface area contributed by atoms with E-state index >= 15 is 0 Å². The minimum atomic E-state index is -1.23. The highest BCUT2D eigenvalue weighted by atomic mass is 16.4. The van der Waals surface area contributed by atoms with Gasteiger partial charge in [-0.1, -0.05) is 72.8 Å². The largest absolute Gasteiger partial charge is 0.507 e. The molecule has 0 spiro atoms. The summed E-state index contributed by atoms with van der Waals surface area (Å²) in [6, 6.07) is 24.8. The van der Waals surface area contributed by atoms with Crippen molar-refractivity contribution in [3.05, 3.63) is 113 Å². The summed E-state index contributed by atoms with van der Waals surface area (Å²) in [4.78, 5) is 26.8. The fourth-order valence-corrected chi connectivity index (χ4v) is 4.12. The molecular weight excluding hydrogens is 402 g/mol. The van der Waals surface area contributed by atoms with Crippen LogP contribution >= 0.6 is 0 Å². The molecule has 1 atom stereocenters. The first kappa shape index (κ1) is 21.3. The number of carboxylic acid groups (broad SMARTS) is 1. The summed E-state index contributed by atoms with van der Waals surface area (Å²) in [6.45, 7) is 0. The molecule has 2 N–H and O–H groups in total. The molecule has 160 valence electrons.